The van der Waals surface area contributed by atoms with Crippen molar-refractivity contribution in [2.24, 2.45) is 0 Å². The van der Waals surface area contributed by atoms with Gasteiger partial charge in [0.25, 0.3) is 0 Å². The molecule has 0 radical (unpaired) electrons. The molecule has 0 heterocycles. The lowest BCUT2D eigenvalue weighted by Crippen LogP contribution is -1.78. The van der Waals surface area contributed by atoms with E-state index in [0.29, 0.717) is 11.3 Å². The van der Waals surface area contributed by atoms with Crippen LogP contribution in [0.1, 0.15) is 0 Å². The number of phenols is 3. The van der Waals surface area contributed by atoms with Crippen LogP contribution in [-0.2, 0) is 0 Å². The van der Waals surface area contributed by atoms with E-state index >= 15 is 0 Å². The van der Waals surface area contributed by atoms with Gasteiger partial charge in [-0.3, -0.25) is 0 Å². The van der Waals surface area contributed by atoms with Gasteiger partial charge >= 0.3 is 0 Å². The van der Waals surface area contributed by atoms with Crippen LogP contribution in [0.2, 0.25) is 0 Å². The normalized spacial score (nSPS) is 9.93. The Bertz CT molecular complexity index is 996. The fourth-order valence-corrected chi connectivity index (χ4v) is 2.72. The zero-order valence-electron chi connectivity index (χ0n) is 14.7. The molecule has 0 saturated heterocycles. The van der Waals surface area contributed by atoms with Crippen molar-refractivity contribution in [3.63, 3.8) is 0 Å². The second kappa shape index (κ2) is 8.59. The average molecular weight is 356 g/mol. The largest absolute Gasteiger partial charge is 0.507 e. The zero-order chi connectivity index (χ0) is 19.1. The lowest BCUT2D eigenvalue weighted by Gasteiger charge is -2.05. The third-order valence-electron chi connectivity index (χ3n) is 4.09. The summed E-state index contributed by atoms with van der Waals surface area (Å²) < 4.78 is 0. The molecule has 0 unspecified atom stereocenters. The number of aromatic hydroxyl groups is 3. The molecular formula is C24H20O3. The number of phenolic OH excluding ortho intramolecular Hbond substituents is 3. The molecule has 0 aromatic heterocycles. The standard InChI is InChI=1S/C12H10O2.C12H10O/c13-11-8-4-7-10(12(11)14)9-5-2-1-3-6-9;13-12-9-5-4-8-11(12)10-6-2-1-3-7-10/h1-8,13-14H;1-9,13H. The lowest BCUT2D eigenvalue weighted by molar-refractivity contribution is 0.405. The van der Waals surface area contributed by atoms with E-state index in [1.807, 2.05) is 78.9 Å². The van der Waals surface area contributed by atoms with Crippen LogP contribution in [0.25, 0.3) is 22.3 Å². The van der Waals surface area contributed by atoms with Crippen molar-refractivity contribution in [1.29, 1.82) is 0 Å². The van der Waals surface area contributed by atoms with E-state index in [0.717, 1.165) is 16.7 Å². The summed E-state index contributed by atoms with van der Waals surface area (Å²) in [6, 6.07) is 31.6. The first-order valence-electron chi connectivity index (χ1n) is 8.56. The summed E-state index contributed by atoms with van der Waals surface area (Å²) in [5.41, 5.74) is 3.45. The Morgan fingerprint density at radius 3 is 1.41 bits per heavy atom. The fraction of sp³-hybridized carbons (Fsp3) is 0. The second-order valence-corrected chi connectivity index (χ2v) is 5.92. The van der Waals surface area contributed by atoms with Gasteiger partial charge < -0.3 is 15.3 Å². The van der Waals surface area contributed by atoms with Crippen LogP contribution in [0.3, 0.4) is 0 Å². The minimum Gasteiger partial charge on any atom is -0.507 e. The minimum absolute atomic E-state index is 0.0706. The Morgan fingerprint density at radius 1 is 0.370 bits per heavy atom. The summed E-state index contributed by atoms with van der Waals surface area (Å²) >= 11 is 0. The molecule has 4 aromatic carbocycles. The van der Waals surface area contributed by atoms with Gasteiger partial charge in [-0.2, -0.15) is 0 Å². The van der Waals surface area contributed by atoms with Crippen molar-refractivity contribution < 1.29 is 15.3 Å². The first kappa shape index (κ1) is 18.1. The zero-order valence-corrected chi connectivity index (χ0v) is 14.7. The van der Waals surface area contributed by atoms with Crippen LogP contribution >= 0.6 is 0 Å². The van der Waals surface area contributed by atoms with Crippen molar-refractivity contribution in [2.75, 3.05) is 0 Å². The topological polar surface area (TPSA) is 60.7 Å². The molecule has 27 heavy (non-hydrogen) atoms. The summed E-state index contributed by atoms with van der Waals surface area (Å²) in [4.78, 5) is 0. The van der Waals surface area contributed by atoms with E-state index in [4.69, 9.17) is 0 Å². The van der Waals surface area contributed by atoms with Crippen molar-refractivity contribution in [3.05, 3.63) is 103 Å². The molecule has 3 N–H and O–H groups in total. The van der Waals surface area contributed by atoms with E-state index in [-0.39, 0.29) is 11.5 Å². The highest BCUT2D eigenvalue weighted by molar-refractivity contribution is 5.73. The molecular weight excluding hydrogens is 336 g/mol. The summed E-state index contributed by atoms with van der Waals surface area (Å²) in [6.07, 6.45) is 0. The van der Waals surface area contributed by atoms with Gasteiger partial charge in [0, 0.05) is 11.1 Å². The number of benzene rings is 4. The summed E-state index contributed by atoms with van der Waals surface area (Å²) in [7, 11) is 0. The highest BCUT2D eigenvalue weighted by Crippen LogP contribution is 2.35. The van der Waals surface area contributed by atoms with Crippen LogP contribution < -0.4 is 0 Å². The third-order valence-corrected chi connectivity index (χ3v) is 4.09. The lowest BCUT2D eigenvalue weighted by atomic mass is 10.0. The molecule has 134 valence electrons. The average Bonchev–Trinajstić information content (AvgIpc) is 2.72. The first-order valence-corrected chi connectivity index (χ1v) is 8.56. The molecule has 0 aliphatic rings. The van der Waals surface area contributed by atoms with E-state index in [9.17, 15) is 15.3 Å². The molecule has 4 aromatic rings. The predicted molar refractivity (Wildman–Crippen MR) is 109 cm³/mol. The number of rotatable bonds is 2. The molecule has 0 atom stereocenters. The van der Waals surface area contributed by atoms with Gasteiger partial charge in [-0.15, -0.1) is 0 Å². The van der Waals surface area contributed by atoms with Gasteiger partial charge in [0.1, 0.15) is 5.75 Å². The Balaban J connectivity index is 0.000000156. The summed E-state index contributed by atoms with van der Waals surface area (Å²) in [6.45, 7) is 0. The Hall–Kier alpha value is -3.72. The first-order chi connectivity index (χ1) is 13.2. The molecule has 0 spiro atoms. The van der Waals surface area contributed by atoms with Crippen molar-refractivity contribution >= 4 is 0 Å². The van der Waals surface area contributed by atoms with E-state index in [2.05, 4.69) is 0 Å². The number of hydrogen-bond donors (Lipinski definition) is 3. The Labute approximate surface area is 158 Å². The molecule has 0 fully saturated rings. The SMILES string of the molecule is Oc1cccc(-c2ccccc2)c1O.Oc1ccccc1-c1ccccc1. The molecule has 3 heteroatoms. The van der Waals surface area contributed by atoms with Crippen LogP contribution in [0.15, 0.2) is 103 Å². The fourth-order valence-electron chi connectivity index (χ4n) is 2.72. The molecule has 0 saturated carbocycles. The van der Waals surface area contributed by atoms with Crippen LogP contribution in [0.5, 0.6) is 17.2 Å². The van der Waals surface area contributed by atoms with E-state index in [1.54, 1.807) is 18.2 Å². The van der Waals surface area contributed by atoms with Gasteiger partial charge in [-0.25, -0.2) is 0 Å². The van der Waals surface area contributed by atoms with Crippen LogP contribution in [0.4, 0.5) is 0 Å². The van der Waals surface area contributed by atoms with E-state index < -0.39 is 0 Å². The second-order valence-electron chi connectivity index (χ2n) is 5.92. The van der Waals surface area contributed by atoms with Crippen molar-refractivity contribution in [1.82, 2.24) is 0 Å². The molecule has 0 bridgehead atoms. The molecule has 4 rings (SSSR count). The van der Waals surface area contributed by atoms with E-state index in [1.165, 1.54) is 6.07 Å². The van der Waals surface area contributed by atoms with Crippen molar-refractivity contribution in [2.45, 2.75) is 0 Å². The van der Waals surface area contributed by atoms with Crippen LogP contribution in [0, 0.1) is 0 Å². The molecule has 3 nitrogen and oxygen atoms in total. The van der Waals surface area contributed by atoms with Gasteiger partial charge in [0.05, 0.1) is 0 Å². The maximum Gasteiger partial charge on any atom is 0.165 e. The van der Waals surface area contributed by atoms with Crippen LogP contribution in [-0.4, -0.2) is 15.3 Å². The highest BCUT2D eigenvalue weighted by Gasteiger charge is 2.06. The van der Waals surface area contributed by atoms with Gasteiger partial charge in [-0.1, -0.05) is 91.0 Å². The smallest absolute Gasteiger partial charge is 0.165 e. The Kier molecular flexibility index (Phi) is 5.75. The summed E-state index contributed by atoms with van der Waals surface area (Å²) in [5.74, 6) is 0.166. The maximum atomic E-state index is 9.60. The van der Waals surface area contributed by atoms with Gasteiger partial charge in [-0.05, 0) is 23.3 Å². The Morgan fingerprint density at radius 2 is 0.815 bits per heavy atom. The molecule has 0 amide bonds. The summed E-state index contributed by atoms with van der Waals surface area (Å²) in [5, 5.41) is 28.5. The monoisotopic (exact) mass is 356 g/mol. The predicted octanol–water partition coefficient (Wildman–Crippen LogP) is 5.82. The van der Waals surface area contributed by atoms with Crippen molar-refractivity contribution in [3.8, 4) is 39.5 Å². The molecule has 0 aliphatic carbocycles. The quantitative estimate of drug-likeness (QED) is 0.396. The number of hydrogen-bond acceptors (Lipinski definition) is 3. The van der Waals surface area contributed by atoms with Gasteiger partial charge in [0.15, 0.2) is 11.5 Å². The highest BCUT2D eigenvalue weighted by atomic mass is 16.3. The van der Waals surface area contributed by atoms with Gasteiger partial charge in [0.2, 0.25) is 0 Å². The number of para-hydroxylation sites is 2. The molecule has 0 aliphatic heterocycles. The third kappa shape index (κ3) is 4.47. The maximum absolute atomic E-state index is 9.60. The minimum atomic E-state index is -0.0913.